The molecule has 214 valence electrons. The summed E-state index contributed by atoms with van der Waals surface area (Å²) in [6, 6.07) is 16.7. The van der Waals surface area contributed by atoms with Gasteiger partial charge in [-0.1, -0.05) is 74.7 Å². The van der Waals surface area contributed by atoms with Crippen LogP contribution in [-0.2, 0) is 30.3 Å². The van der Waals surface area contributed by atoms with Crippen molar-refractivity contribution in [3.8, 4) is 0 Å². The van der Waals surface area contributed by atoms with Gasteiger partial charge in [-0.2, -0.15) is 8.42 Å². The lowest BCUT2D eigenvalue weighted by atomic mass is 9.60. The zero-order valence-electron chi connectivity index (χ0n) is 22.3. The van der Waals surface area contributed by atoms with Crippen LogP contribution < -0.4 is 10.0 Å². The molecular formula is C29H28ClN3O6S2. The van der Waals surface area contributed by atoms with Crippen molar-refractivity contribution in [2.24, 2.45) is 10.3 Å². The molecular weight excluding hydrogens is 586 g/mol. The average Bonchev–Trinajstić information content (AvgIpc) is 2.92. The van der Waals surface area contributed by atoms with E-state index < -0.39 is 37.2 Å². The van der Waals surface area contributed by atoms with Crippen molar-refractivity contribution < 1.29 is 26.4 Å². The third-order valence-corrected chi connectivity index (χ3v) is 10.7. The van der Waals surface area contributed by atoms with E-state index in [0.29, 0.717) is 36.8 Å². The number of benzene rings is 3. The molecule has 2 aliphatic rings. The first-order valence-corrected chi connectivity index (χ1v) is 16.5. The van der Waals surface area contributed by atoms with E-state index in [0.717, 1.165) is 6.07 Å². The third kappa shape index (κ3) is 4.96. The first-order chi connectivity index (χ1) is 19.4. The molecule has 3 aromatic rings. The Balaban J connectivity index is 1.54. The molecule has 5 rings (SSSR count). The first kappa shape index (κ1) is 29.0. The van der Waals surface area contributed by atoms with Crippen LogP contribution in [0.15, 0.2) is 80.9 Å². The number of halogens is 1. The monoisotopic (exact) mass is 613 g/mol. The maximum Gasteiger partial charge on any atom is 0.286 e. The number of nitrogens with one attached hydrogen (secondary N) is 2. The minimum Gasteiger partial charge on any atom is -0.341 e. The van der Waals surface area contributed by atoms with Crippen LogP contribution >= 0.6 is 11.6 Å². The van der Waals surface area contributed by atoms with Crippen molar-refractivity contribution in [3.63, 3.8) is 0 Å². The lowest BCUT2D eigenvalue weighted by Gasteiger charge is -2.41. The number of carbonyl (C=O) groups is 2. The van der Waals surface area contributed by atoms with Gasteiger partial charge in [-0.25, -0.2) is 8.42 Å². The molecule has 1 aliphatic carbocycles. The zero-order chi connectivity index (χ0) is 29.6. The number of nitrogens with zero attached hydrogens (tertiary/aromatic N) is 1. The number of hydrogen-bond donors (Lipinski definition) is 2. The Morgan fingerprint density at radius 3 is 2.32 bits per heavy atom. The first-order valence-electron chi connectivity index (χ1n) is 13.2. The van der Waals surface area contributed by atoms with Crippen molar-refractivity contribution >= 4 is 60.4 Å². The number of Topliss-reactive ketones (excluding diaryl/α,β-unsaturated/α-hetero) is 2. The standard InChI is InChI=1S/C29H28ClN3O6S2/c1-3-15-29(16-4-2)20-10-6-5-9-19(20)26(34)25(27(29)35)28-31-22-14-13-18(17-24(22)41(38,39)33-28)32-40(36,37)23-12-8-7-11-21(23)30/h5-14,17,25,32H,3-4,15-16H2,1-2H3,(H,31,33). The molecule has 0 saturated carbocycles. The quantitative estimate of drug-likeness (QED) is 0.316. The van der Waals surface area contributed by atoms with Crippen LogP contribution in [0.25, 0.3) is 0 Å². The molecule has 0 amide bonds. The highest BCUT2D eigenvalue weighted by atomic mass is 35.5. The van der Waals surface area contributed by atoms with Gasteiger partial charge in [0, 0.05) is 5.56 Å². The second kappa shape index (κ2) is 10.7. The molecule has 0 radical (unpaired) electrons. The number of ketones is 2. The van der Waals surface area contributed by atoms with Gasteiger partial charge in [-0.15, -0.1) is 4.40 Å². The molecule has 1 unspecified atom stereocenters. The van der Waals surface area contributed by atoms with Gasteiger partial charge in [-0.3, -0.25) is 14.3 Å². The van der Waals surface area contributed by atoms with Crippen LogP contribution in [0.3, 0.4) is 0 Å². The van der Waals surface area contributed by atoms with Crippen LogP contribution in [0.1, 0.15) is 55.5 Å². The van der Waals surface area contributed by atoms with Gasteiger partial charge in [0.15, 0.2) is 11.6 Å². The number of amidine groups is 1. The van der Waals surface area contributed by atoms with Gasteiger partial charge < -0.3 is 5.32 Å². The minimum absolute atomic E-state index is 0.00658. The molecule has 41 heavy (non-hydrogen) atoms. The summed E-state index contributed by atoms with van der Waals surface area (Å²) in [7, 11) is -8.54. The van der Waals surface area contributed by atoms with Crippen LogP contribution in [0.5, 0.6) is 0 Å². The van der Waals surface area contributed by atoms with Gasteiger partial charge in [-0.05, 0) is 48.7 Å². The topological polar surface area (TPSA) is 139 Å². The number of carbonyl (C=O) groups excluding carboxylic acids is 2. The van der Waals surface area contributed by atoms with Crippen molar-refractivity contribution in [3.05, 3.63) is 82.9 Å². The van der Waals surface area contributed by atoms with Crippen molar-refractivity contribution in [1.82, 2.24) is 0 Å². The highest BCUT2D eigenvalue weighted by Crippen LogP contribution is 2.45. The molecule has 1 heterocycles. The van der Waals surface area contributed by atoms with E-state index in [1.54, 1.807) is 30.3 Å². The molecule has 2 N–H and O–H groups in total. The maximum absolute atomic E-state index is 14.2. The van der Waals surface area contributed by atoms with Crippen LogP contribution in [0, 0.1) is 5.92 Å². The fourth-order valence-corrected chi connectivity index (χ4v) is 8.53. The Morgan fingerprint density at radius 1 is 0.976 bits per heavy atom. The highest BCUT2D eigenvalue weighted by Gasteiger charge is 2.53. The fourth-order valence-electron chi connectivity index (χ4n) is 5.78. The SMILES string of the molecule is CCCC1(CCC)C(=O)C(C2=NS(=O)(=O)c3cc(NS(=O)(=O)c4ccccc4Cl)ccc3N2)C(=O)c2ccccc21. The Kier molecular flexibility index (Phi) is 7.56. The van der Waals surface area contributed by atoms with E-state index in [9.17, 15) is 26.4 Å². The largest absolute Gasteiger partial charge is 0.341 e. The molecule has 1 atom stereocenters. The Hall–Kier alpha value is -3.54. The summed E-state index contributed by atoms with van der Waals surface area (Å²) in [5, 5.41) is 2.90. The Morgan fingerprint density at radius 2 is 1.63 bits per heavy atom. The second-order valence-electron chi connectivity index (χ2n) is 10.1. The molecule has 0 bridgehead atoms. The molecule has 0 spiro atoms. The summed E-state index contributed by atoms with van der Waals surface area (Å²) in [6.45, 7) is 3.93. The fraction of sp³-hybridized carbons (Fsp3) is 0.276. The lowest BCUT2D eigenvalue weighted by molar-refractivity contribution is -0.126. The predicted octanol–water partition coefficient (Wildman–Crippen LogP) is 5.57. The zero-order valence-corrected chi connectivity index (χ0v) is 24.7. The summed E-state index contributed by atoms with van der Waals surface area (Å²) >= 11 is 6.04. The summed E-state index contributed by atoms with van der Waals surface area (Å²) in [4.78, 5) is 27.4. The Labute approximate surface area is 244 Å². The summed E-state index contributed by atoms with van der Waals surface area (Å²) in [5.74, 6) is -2.58. The summed E-state index contributed by atoms with van der Waals surface area (Å²) in [6.07, 6.45) is 2.39. The number of anilines is 2. The van der Waals surface area contributed by atoms with Gasteiger partial charge >= 0.3 is 0 Å². The van der Waals surface area contributed by atoms with Crippen LogP contribution in [0.2, 0.25) is 5.02 Å². The second-order valence-corrected chi connectivity index (χ2v) is 13.7. The molecule has 0 fully saturated rings. The van der Waals surface area contributed by atoms with E-state index >= 15 is 0 Å². The van der Waals surface area contributed by atoms with E-state index in [1.807, 2.05) is 13.8 Å². The molecule has 3 aromatic carbocycles. The maximum atomic E-state index is 14.2. The number of fused-ring (bicyclic) bond motifs is 2. The van der Waals surface area contributed by atoms with Crippen molar-refractivity contribution in [2.45, 2.75) is 54.7 Å². The summed E-state index contributed by atoms with van der Waals surface area (Å²) < 4.78 is 58.8. The average molecular weight is 614 g/mol. The smallest absolute Gasteiger partial charge is 0.286 e. The van der Waals surface area contributed by atoms with E-state index in [-0.39, 0.29) is 37.8 Å². The molecule has 12 heteroatoms. The number of sulfonamides is 2. The molecule has 0 saturated heterocycles. The predicted molar refractivity (Wildman–Crippen MR) is 158 cm³/mol. The minimum atomic E-state index is -4.42. The normalized spacial score (nSPS) is 19.0. The van der Waals surface area contributed by atoms with Crippen LogP contribution in [-0.4, -0.2) is 34.2 Å². The van der Waals surface area contributed by atoms with Gasteiger partial charge in [0.1, 0.15) is 21.5 Å². The van der Waals surface area contributed by atoms with Gasteiger partial charge in [0.2, 0.25) is 0 Å². The van der Waals surface area contributed by atoms with E-state index in [2.05, 4.69) is 14.4 Å². The third-order valence-electron chi connectivity index (χ3n) is 7.45. The number of rotatable bonds is 8. The van der Waals surface area contributed by atoms with Crippen molar-refractivity contribution in [1.29, 1.82) is 0 Å². The molecule has 9 nitrogen and oxygen atoms in total. The van der Waals surface area contributed by atoms with Crippen molar-refractivity contribution in [2.75, 3.05) is 10.0 Å². The summed E-state index contributed by atoms with van der Waals surface area (Å²) in [5.41, 5.74) is 0.150. The van der Waals surface area contributed by atoms with E-state index in [1.165, 1.54) is 30.3 Å². The van der Waals surface area contributed by atoms with Gasteiger partial charge in [0.25, 0.3) is 20.0 Å². The van der Waals surface area contributed by atoms with Gasteiger partial charge in [0.05, 0.1) is 21.8 Å². The molecule has 0 aromatic heterocycles. The van der Waals surface area contributed by atoms with E-state index in [4.69, 9.17) is 11.6 Å². The Bertz CT molecular complexity index is 1810. The lowest BCUT2D eigenvalue weighted by Crippen LogP contribution is -2.52. The van der Waals surface area contributed by atoms with Crippen LogP contribution in [0.4, 0.5) is 11.4 Å². The number of hydrogen-bond acceptors (Lipinski definition) is 7. The highest BCUT2D eigenvalue weighted by molar-refractivity contribution is 7.93. The molecule has 1 aliphatic heterocycles.